The van der Waals surface area contributed by atoms with Crippen LogP contribution in [0.5, 0.6) is 0 Å². The molecule has 0 unspecified atom stereocenters. The van der Waals surface area contributed by atoms with Gasteiger partial charge >= 0.3 is 0 Å². The van der Waals surface area contributed by atoms with Crippen molar-refractivity contribution in [3.8, 4) is 0 Å². The first-order valence-electron chi connectivity index (χ1n) is 9.58. The Morgan fingerprint density at radius 1 is 1.31 bits per heavy atom. The Morgan fingerprint density at radius 3 is 2.45 bits per heavy atom. The van der Waals surface area contributed by atoms with Gasteiger partial charge in [-0.25, -0.2) is 0 Å². The van der Waals surface area contributed by atoms with Crippen LogP contribution in [0, 0.1) is 5.92 Å². The largest absolute Gasteiger partial charge is 0.412 e. The Labute approximate surface area is 188 Å². The number of likely N-dealkylation sites (tertiary alicyclic amines) is 1. The number of hydrogen-bond acceptors (Lipinski definition) is 7. The van der Waals surface area contributed by atoms with Crippen LogP contribution in [0.25, 0.3) is 0 Å². The predicted molar refractivity (Wildman–Crippen MR) is 118 cm³/mol. The summed E-state index contributed by atoms with van der Waals surface area (Å²) >= 11 is 7.55. The molecule has 2 fully saturated rings. The number of rotatable bonds is 7. The molecule has 2 aliphatic heterocycles. The van der Waals surface area contributed by atoms with E-state index in [1.54, 1.807) is 13.2 Å². The summed E-state index contributed by atoms with van der Waals surface area (Å²) in [4.78, 5) is 14.9. The Hall–Kier alpha value is 0.160. The Kier molecular flexibility index (Phi) is 13.0. The smallest absolute Gasteiger partial charge is 0.237 e. The van der Waals surface area contributed by atoms with Crippen LogP contribution >= 0.6 is 35.8 Å². The van der Waals surface area contributed by atoms with E-state index in [4.69, 9.17) is 16.3 Å². The Morgan fingerprint density at radius 2 is 1.93 bits per heavy atom. The van der Waals surface area contributed by atoms with Crippen LogP contribution in [-0.4, -0.2) is 98.8 Å². The Bertz CT molecular complexity index is 505. The zero-order valence-electron chi connectivity index (χ0n) is 17.3. The van der Waals surface area contributed by atoms with Gasteiger partial charge in [-0.2, -0.15) is 0 Å². The predicted octanol–water partition coefficient (Wildman–Crippen LogP) is -0.0134. The second-order valence-electron chi connectivity index (χ2n) is 7.73. The first-order valence-corrected chi connectivity index (χ1v) is 11.3. The van der Waals surface area contributed by atoms with Crippen LogP contribution < -0.4 is 5.32 Å². The van der Waals surface area contributed by atoms with Crippen LogP contribution in [0.15, 0.2) is 0 Å². The highest BCUT2D eigenvalue weighted by Gasteiger charge is 2.48. The molecular formula is C18H36Cl2N2O6S. The number of alkyl halides is 1. The number of halogens is 2. The van der Waals surface area contributed by atoms with Gasteiger partial charge in [0.2, 0.25) is 5.91 Å². The van der Waals surface area contributed by atoms with Crippen molar-refractivity contribution in [2.24, 2.45) is 5.92 Å². The van der Waals surface area contributed by atoms with E-state index in [9.17, 15) is 20.1 Å². The van der Waals surface area contributed by atoms with Gasteiger partial charge in [-0.1, -0.05) is 13.3 Å². The fraction of sp³-hybridized carbons (Fsp3) is 0.944. The number of aliphatic hydroxyl groups excluding tert-OH is 3. The molecule has 29 heavy (non-hydrogen) atoms. The van der Waals surface area contributed by atoms with Crippen molar-refractivity contribution < 1.29 is 30.3 Å². The first kappa shape index (κ1) is 29.2. The lowest BCUT2D eigenvalue weighted by Gasteiger charge is -2.44. The third kappa shape index (κ3) is 6.82. The van der Waals surface area contributed by atoms with Crippen molar-refractivity contribution in [2.45, 2.75) is 80.4 Å². The highest BCUT2D eigenvalue weighted by atomic mass is 35.5. The highest BCUT2D eigenvalue weighted by molar-refractivity contribution is 7.99. The van der Waals surface area contributed by atoms with E-state index < -0.39 is 41.3 Å². The Balaban J connectivity index is 0.00000392. The lowest BCUT2D eigenvalue weighted by Crippen LogP contribution is -2.65. The molecule has 2 aliphatic rings. The third-order valence-corrected chi connectivity index (χ3v) is 6.76. The number of likely N-dealkylation sites (N-methyl/N-ethyl adjacent to an activating group) is 1. The quantitative estimate of drug-likeness (QED) is 0.378. The molecule has 2 saturated heterocycles. The van der Waals surface area contributed by atoms with Crippen LogP contribution in [0.2, 0.25) is 0 Å². The molecule has 6 N–H and O–H groups in total. The molecule has 0 aliphatic carbocycles. The summed E-state index contributed by atoms with van der Waals surface area (Å²) in [6.07, 6.45) is -0.0980. The molecule has 0 aromatic carbocycles. The standard InChI is InChI=1S/C18H33ClN2O5S.ClH.H2O/c1-5-6-10-7-11(21(3)8-10)17(25)20-12(9(2)19)16-14(23)13(22)15(24)18(26-16)27-4;;/h9-16,18,22-24H,5-8H2,1-4H3,(H,20,25);1H;1H2/t9-,10+,11-,12+,13-,14+,15+,16+,18+;;/m0../s1. The van der Waals surface area contributed by atoms with Gasteiger partial charge < -0.3 is 30.8 Å². The number of nitrogens with one attached hydrogen (secondary N) is 1. The molecule has 174 valence electrons. The zero-order valence-corrected chi connectivity index (χ0v) is 19.7. The van der Waals surface area contributed by atoms with Crippen molar-refractivity contribution >= 4 is 41.7 Å². The van der Waals surface area contributed by atoms with E-state index in [2.05, 4.69) is 12.2 Å². The summed E-state index contributed by atoms with van der Waals surface area (Å²) in [7, 11) is 1.94. The summed E-state index contributed by atoms with van der Waals surface area (Å²) < 4.78 is 5.79. The van der Waals surface area contributed by atoms with Gasteiger partial charge in [0.25, 0.3) is 0 Å². The summed E-state index contributed by atoms with van der Waals surface area (Å²) in [6, 6.07) is -0.934. The molecule has 9 atom stereocenters. The van der Waals surface area contributed by atoms with Crippen molar-refractivity contribution in [1.82, 2.24) is 10.2 Å². The van der Waals surface area contributed by atoms with Crippen molar-refractivity contribution in [2.75, 3.05) is 19.8 Å². The highest BCUT2D eigenvalue weighted by Crippen LogP contribution is 2.31. The van der Waals surface area contributed by atoms with Gasteiger partial charge in [0.05, 0.1) is 17.5 Å². The van der Waals surface area contributed by atoms with Crippen molar-refractivity contribution in [3.63, 3.8) is 0 Å². The second kappa shape index (κ2) is 12.9. The van der Waals surface area contributed by atoms with E-state index in [1.807, 2.05) is 11.9 Å². The van der Waals surface area contributed by atoms with Crippen LogP contribution in [-0.2, 0) is 9.53 Å². The van der Waals surface area contributed by atoms with Gasteiger partial charge in [-0.3, -0.25) is 9.69 Å². The molecule has 0 aromatic rings. The molecule has 2 heterocycles. The lowest BCUT2D eigenvalue weighted by molar-refractivity contribution is -0.205. The van der Waals surface area contributed by atoms with Crippen LogP contribution in [0.4, 0.5) is 0 Å². The van der Waals surface area contributed by atoms with E-state index in [1.165, 1.54) is 11.8 Å². The lowest BCUT2D eigenvalue weighted by atomic mass is 9.92. The van der Waals surface area contributed by atoms with Crippen LogP contribution in [0.3, 0.4) is 0 Å². The number of carbonyl (C=O) groups is 1. The van der Waals surface area contributed by atoms with Gasteiger partial charge in [0, 0.05) is 6.54 Å². The zero-order chi connectivity index (χ0) is 20.3. The van der Waals surface area contributed by atoms with E-state index in [-0.39, 0.29) is 29.8 Å². The fourth-order valence-corrected chi connectivity index (χ4v) is 5.00. The number of hydrogen-bond donors (Lipinski definition) is 4. The molecule has 0 saturated carbocycles. The summed E-state index contributed by atoms with van der Waals surface area (Å²) in [6.45, 7) is 4.74. The molecule has 2 rings (SSSR count). The second-order valence-corrected chi connectivity index (χ2v) is 9.36. The minimum Gasteiger partial charge on any atom is -0.412 e. The molecule has 0 radical (unpaired) electrons. The molecule has 0 spiro atoms. The minimum absolute atomic E-state index is 0. The first-order chi connectivity index (χ1) is 12.7. The van der Waals surface area contributed by atoms with Gasteiger partial charge in [0.1, 0.15) is 29.9 Å². The number of aliphatic hydroxyl groups is 3. The minimum atomic E-state index is -1.36. The van der Waals surface area contributed by atoms with E-state index in [0.29, 0.717) is 5.92 Å². The van der Waals surface area contributed by atoms with Gasteiger partial charge in [-0.05, 0) is 39.0 Å². The molecule has 1 amide bonds. The van der Waals surface area contributed by atoms with E-state index in [0.717, 1.165) is 25.8 Å². The maximum absolute atomic E-state index is 12.9. The molecular weight excluding hydrogens is 443 g/mol. The SMILES string of the molecule is CCC[C@@H]1C[C@@H](C(=O)N[C@@H]([C@H]2O[C@H](SC)[C@H](O)[C@@H](O)[C@H]2O)[C@H](C)Cl)N(C)C1.Cl.O. The topological polar surface area (TPSA) is 134 Å². The van der Waals surface area contributed by atoms with Gasteiger partial charge in [-0.15, -0.1) is 35.8 Å². The normalized spacial score (nSPS) is 37.2. The molecule has 11 heteroatoms. The molecule has 8 nitrogen and oxygen atoms in total. The monoisotopic (exact) mass is 478 g/mol. The van der Waals surface area contributed by atoms with E-state index >= 15 is 0 Å². The number of amides is 1. The molecule has 0 aromatic heterocycles. The molecule has 0 bridgehead atoms. The van der Waals surface area contributed by atoms with Crippen molar-refractivity contribution in [3.05, 3.63) is 0 Å². The number of ether oxygens (including phenoxy) is 1. The van der Waals surface area contributed by atoms with Crippen LogP contribution in [0.1, 0.15) is 33.1 Å². The maximum Gasteiger partial charge on any atom is 0.237 e. The van der Waals surface area contributed by atoms with Crippen molar-refractivity contribution in [1.29, 1.82) is 0 Å². The third-order valence-electron chi connectivity index (χ3n) is 5.63. The van der Waals surface area contributed by atoms with Gasteiger partial charge in [0.15, 0.2) is 0 Å². The number of carbonyl (C=O) groups excluding carboxylic acids is 1. The fourth-order valence-electron chi connectivity index (χ4n) is 4.11. The number of thioether (sulfide) groups is 1. The summed E-state index contributed by atoms with van der Waals surface area (Å²) in [5, 5.41) is 33.0. The average Bonchev–Trinajstić information content (AvgIpc) is 2.99. The summed E-state index contributed by atoms with van der Waals surface area (Å²) in [5.41, 5.74) is -0.702. The number of nitrogens with zero attached hydrogens (tertiary/aromatic N) is 1. The maximum atomic E-state index is 12.9. The average molecular weight is 479 g/mol. The summed E-state index contributed by atoms with van der Waals surface area (Å²) in [5.74, 6) is 0.350.